The van der Waals surface area contributed by atoms with Gasteiger partial charge in [0.15, 0.2) is 0 Å². The van der Waals surface area contributed by atoms with Crippen LogP contribution in [0, 0.1) is 0 Å². The first kappa shape index (κ1) is 14.7. The van der Waals surface area contributed by atoms with Gasteiger partial charge in [-0.3, -0.25) is 4.79 Å². The maximum absolute atomic E-state index is 10.7. The van der Waals surface area contributed by atoms with E-state index in [9.17, 15) is 4.79 Å². The Morgan fingerprint density at radius 2 is 2.05 bits per heavy atom. The highest BCUT2D eigenvalue weighted by atomic mass is 79.9. The molecule has 0 N–H and O–H groups in total. The number of aryl methyl sites for hydroxylation is 1. The normalized spacial score (nSPS) is 10.5. The molecule has 2 aromatic rings. The van der Waals surface area contributed by atoms with Crippen molar-refractivity contribution in [1.29, 1.82) is 0 Å². The van der Waals surface area contributed by atoms with Crippen molar-refractivity contribution in [2.24, 2.45) is 0 Å². The molecule has 6 heteroatoms. The number of carbonyl (C=O) groups is 1. The van der Waals surface area contributed by atoms with E-state index in [1.807, 2.05) is 5.38 Å². The lowest BCUT2D eigenvalue weighted by atomic mass is 10.2. The number of aldehydes is 1. The Bertz CT molecular complexity index is 575. The van der Waals surface area contributed by atoms with Gasteiger partial charge in [-0.1, -0.05) is 6.92 Å². The number of ether oxygens (including phenoxy) is 1. The Kier molecular flexibility index (Phi) is 5.13. The molecule has 2 rings (SSSR count). The summed E-state index contributed by atoms with van der Waals surface area (Å²) in [4.78, 5) is 15.2. The van der Waals surface area contributed by atoms with E-state index in [2.05, 4.69) is 43.8 Å². The molecule has 0 fully saturated rings. The lowest BCUT2D eigenvalue weighted by Gasteiger charge is -2.09. The van der Waals surface area contributed by atoms with E-state index < -0.39 is 0 Å². The molecule has 0 atom stereocenters. The number of halogens is 2. The largest absolute Gasteiger partial charge is 0.485 e. The number of thiazole rings is 1. The van der Waals surface area contributed by atoms with E-state index in [0.29, 0.717) is 17.9 Å². The fourth-order valence-corrected chi connectivity index (χ4v) is 3.69. The molecule has 1 aromatic heterocycles. The second-order valence-electron chi connectivity index (χ2n) is 3.81. The van der Waals surface area contributed by atoms with Gasteiger partial charge in [-0.05, 0) is 50.4 Å². The van der Waals surface area contributed by atoms with Crippen LogP contribution in [0.2, 0.25) is 0 Å². The third kappa shape index (κ3) is 3.64. The molecule has 0 unspecified atom stereocenters. The van der Waals surface area contributed by atoms with E-state index in [1.54, 1.807) is 23.5 Å². The Hall–Kier alpha value is -0.720. The summed E-state index contributed by atoms with van der Waals surface area (Å²) in [6, 6.07) is 3.46. The van der Waals surface area contributed by atoms with Crippen molar-refractivity contribution in [3.05, 3.63) is 42.7 Å². The highest BCUT2D eigenvalue weighted by molar-refractivity contribution is 9.11. The Balaban J connectivity index is 2.13. The van der Waals surface area contributed by atoms with Crippen molar-refractivity contribution >= 4 is 49.5 Å². The zero-order valence-corrected chi connectivity index (χ0v) is 14.1. The van der Waals surface area contributed by atoms with Crippen molar-refractivity contribution in [1.82, 2.24) is 4.98 Å². The summed E-state index contributed by atoms with van der Waals surface area (Å²) < 4.78 is 7.24. The van der Waals surface area contributed by atoms with Crippen LogP contribution in [0.4, 0.5) is 0 Å². The van der Waals surface area contributed by atoms with Crippen LogP contribution in [-0.4, -0.2) is 11.3 Å². The molecule has 0 saturated carbocycles. The fraction of sp³-hybridized carbons (Fsp3) is 0.231. The summed E-state index contributed by atoms with van der Waals surface area (Å²) in [6.07, 6.45) is 1.74. The summed E-state index contributed by atoms with van der Waals surface area (Å²) in [6.45, 7) is 2.49. The Morgan fingerprint density at radius 1 is 1.37 bits per heavy atom. The van der Waals surface area contributed by atoms with Crippen molar-refractivity contribution in [3.63, 3.8) is 0 Å². The minimum Gasteiger partial charge on any atom is -0.485 e. The number of hydrogen-bond acceptors (Lipinski definition) is 4. The third-order valence-corrected chi connectivity index (χ3v) is 4.64. The molecule has 0 radical (unpaired) electrons. The smallest absolute Gasteiger partial charge is 0.150 e. The molecular weight excluding hydrogens is 394 g/mol. The van der Waals surface area contributed by atoms with Gasteiger partial charge >= 0.3 is 0 Å². The SMILES string of the molecule is CCc1nc(COc2c(Br)cc(C=O)cc2Br)cs1. The first-order chi connectivity index (χ1) is 9.13. The molecule has 0 spiro atoms. The standard InChI is InChI=1S/C13H11Br2NO2S/c1-2-12-16-9(7-19-12)6-18-13-10(14)3-8(5-17)4-11(13)15/h3-5,7H,2,6H2,1H3. The quantitative estimate of drug-likeness (QED) is 0.682. The van der Waals surface area contributed by atoms with Crippen LogP contribution in [0.3, 0.4) is 0 Å². The van der Waals surface area contributed by atoms with Gasteiger partial charge in [0.25, 0.3) is 0 Å². The van der Waals surface area contributed by atoms with E-state index in [-0.39, 0.29) is 0 Å². The molecule has 0 bridgehead atoms. The number of rotatable bonds is 5. The Labute approximate surface area is 132 Å². The van der Waals surface area contributed by atoms with E-state index in [4.69, 9.17) is 4.74 Å². The summed E-state index contributed by atoms with van der Waals surface area (Å²) in [5, 5.41) is 3.11. The van der Waals surface area contributed by atoms with Gasteiger partial charge in [0.05, 0.1) is 19.6 Å². The first-order valence-electron chi connectivity index (χ1n) is 5.64. The molecule has 100 valence electrons. The van der Waals surface area contributed by atoms with Gasteiger partial charge < -0.3 is 4.74 Å². The number of benzene rings is 1. The molecule has 3 nitrogen and oxygen atoms in total. The second kappa shape index (κ2) is 6.63. The number of nitrogens with zero attached hydrogens (tertiary/aromatic N) is 1. The van der Waals surface area contributed by atoms with Crippen LogP contribution in [0.5, 0.6) is 5.75 Å². The van der Waals surface area contributed by atoms with Crippen molar-refractivity contribution in [2.75, 3.05) is 0 Å². The molecule has 0 saturated heterocycles. The molecule has 0 aliphatic heterocycles. The third-order valence-electron chi connectivity index (χ3n) is 2.42. The predicted octanol–water partition coefficient (Wildman–Crippen LogP) is 4.62. The van der Waals surface area contributed by atoms with Gasteiger partial charge in [0.1, 0.15) is 18.6 Å². The molecule has 0 aliphatic rings. The average Bonchev–Trinajstić information content (AvgIpc) is 2.85. The average molecular weight is 405 g/mol. The van der Waals surface area contributed by atoms with Gasteiger partial charge in [-0.2, -0.15) is 0 Å². The van der Waals surface area contributed by atoms with E-state index in [1.165, 1.54) is 0 Å². The van der Waals surface area contributed by atoms with Crippen LogP contribution in [0.25, 0.3) is 0 Å². The lowest BCUT2D eigenvalue weighted by molar-refractivity contribution is 0.112. The van der Waals surface area contributed by atoms with Crippen molar-refractivity contribution in [3.8, 4) is 5.75 Å². The highest BCUT2D eigenvalue weighted by Gasteiger charge is 2.10. The summed E-state index contributed by atoms with van der Waals surface area (Å²) in [7, 11) is 0. The van der Waals surface area contributed by atoms with E-state index >= 15 is 0 Å². The van der Waals surface area contributed by atoms with Crippen LogP contribution < -0.4 is 4.74 Å². The van der Waals surface area contributed by atoms with Crippen molar-refractivity contribution in [2.45, 2.75) is 20.0 Å². The van der Waals surface area contributed by atoms with Gasteiger partial charge in [-0.25, -0.2) is 4.98 Å². The molecule has 1 heterocycles. The maximum Gasteiger partial charge on any atom is 0.150 e. The summed E-state index contributed by atoms with van der Waals surface area (Å²) >= 11 is 8.44. The fourth-order valence-electron chi connectivity index (χ4n) is 1.51. The predicted molar refractivity (Wildman–Crippen MR) is 83.1 cm³/mol. The van der Waals surface area contributed by atoms with E-state index in [0.717, 1.165) is 32.4 Å². The molecule has 0 amide bonds. The van der Waals surface area contributed by atoms with Crippen LogP contribution in [0.1, 0.15) is 28.0 Å². The monoisotopic (exact) mass is 403 g/mol. The number of carbonyl (C=O) groups excluding carboxylic acids is 1. The lowest BCUT2D eigenvalue weighted by Crippen LogP contribution is -1.98. The molecule has 1 aromatic carbocycles. The summed E-state index contributed by atoms with van der Waals surface area (Å²) in [5.41, 5.74) is 1.51. The minimum atomic E-state index is 0.411. The number of aromatic nitrogens is 1. The van der Waals surface area contributed by atoms with Crippen LogP contribution in [0.15, 0.2) is 26.5 Å². The van der Waals surface area contributed by atoms with Gasteiger partial charge in [0.2, 0.25) is 0 Å². The minimum absolute atomic E-state index is 0.411. The molecule has 0 aliphatic carbocycles. The highest BCUT2D eigenvalue weighted by Crippen LogP contribution is 2.35. The Morgan fingerprint density at radius 3 is 2.58 bits per heavy atom. The summed E-state index contributed by atoms with van der Waals surface area (Å²) in [5.74, 6) is 0.677. The topological polar surface area (TPSA) is 39.2 Å². The number of hydrogen-bond donors (Lipinski definition) is 0. The zero-order valence-electron chi connectivity index (χ0n) is 10.2. The van der Waals surface area contributed by atoms with Gasteiger partial charge in [0, 0.05) is 10.9 Å². The van der Waals surface area contributed by atoms with Crippen molar-refractivity contribution < 1.29 is 9.53 Å². The van der Waals surface area contributed by atoms with Crippen LogP contribution in [-0.2, 0) is 13.0 Å². The second-order valence-corrected chi connectivity index (χ2v) is 6.46. The molecule has 19 heavy (non-hydrogen) atoms. The van der Waals surface area contributed by atoms with Crippen LogP contribution >= 0.6 is 43.2 Å². The first-order valence-corrected chi connectivity index (χ1v) is 8.11. The molecular formula is C13H11Br2NO2S. The zero-order chi connectivity index (χ0) is 13.8. The maximum atomic E-state index is 10.7. The van der Waals surface area contributed by atoms with Gasteiger partial charge in [-0.15, -0.1) is 11.3 Å².